The van der Waals surface area contributed by atoms with Crippen LogP contribution in [0.25, 0.3) is 17.4 Å². The highest BCUT2D eigenvalue weighted by atomic mass is 15.2. The molecule has 0 aromatic carbocycles. The van der Waals surface area contributed by atoms with E-state index in [2.05, 4.69) is 72.6 Å². The number of allylic oxidation sites excluding steroid dienone is 1. The molecule has 0 radical (unpaired) electrons. The van der Waals surface area contributed by atoms with E-state index < -0.39 is 0 Å². The van der Waals surface area contributed by atoms with Gasteiger partial charge >= 0.3 is 0 Å². The van der Waals surface area contributed by atoms with Crippen LogP contribution in [-0.4, -0.2) is 43.8 Å². The fraction of sp³-hybridized carbons (Fsp3) is 0.619. The highest BCUT2D eigenvalue weighted by Gasteiger charge is 2.14. The predicted molar refractivity (Wildman–Crippen MR) is 114 cm³/mol. The van der Waals surface area contributed by atoms with Crippen LogP contribution in [0.2, 0.25) is 0 Å². The van der Waals surface area contributed by atoms with E-state index in [1.807, 2.05) is 10.9 Å². The second kappa shape index (κ2) is 9.62. The maximum atomic E-state index is 4.64. The topological polar surface area (TPSA) is 59.2 Å². The largest absolute Gasteiger partial charge is 0.363 e. The summed E-state index contributed by atoms with van der Waals surface area (Å²) >= 11 is 0. The van der Waals surface area contributed by atoms with Crippen molar-refractivity contribution < 1.29 is 0 Å². The van der Waals surface area contributed by atoms with Crippen molar-refractivity contribution >= 4 is 29.5 Å². The van der Waals surface area contributed by atoms with Crippen molar-refractivity contribution in [3.8, 4) is 0 Å². The zero-order chi connectivity index (χ0) is 19.9. The quantitative estimate of drug-likeness (QED) is 0.444. The van der Waals surface area contributed by atoms with Crippen molar-refractivity contribution in [2.45, 2.75) is 67.2 Å². The summed E-state index contributed by atoms with van der Waals surface area (Å²) in [6.07, 6.45) is 12.1. The lowest BCUT2D eigenvalue weighted by molar-refractivity contribution is 0.409. The number of fused-ring (bicyclic) bond motifs is 1. The SMILES string of the molecule is CCCCN(/C=N/c1ncnc2c1ncn2/C=C(\C)C(C)(C)C)CCCC. The fourth-order valence-corrected chi connectivity index (χ4v) is 2.52. The third kappa shape index (κ3) is 5.88. The molecule has 2 heterocycles. The maximum absolute atomic E-state index is 4.64. The van der Waals surface area contributed by atoms with Crippen molar-refractivity contribution in [1.82, 2.24) is 24.4 Å². The van der Waals surface area contributed by atoms with Crippen LogP contribution in [0.3, 0.4) is 0 Å². The average Bonchev–Trinajstić information content (AvgIpc) is 3.04. The molecule has 0 N–H and O–H groups in total. The van der Waals surface area contributed by atoms with Crippen molar-refractivity contribution in [2.75, 3.05) is 13.1 Å². The molecule has 0 atom stereocenters. The Kier molecular flexibility index (Phi) is 7.51. The zero-order valence-corrected chi connectivity index (χ0v) is 17.7. The maximum Gasteiger partial charge on any atom is 0.185 e. The van der Waals surface area contributed by atoms with Crippen LogP contribution in [-0.2, 0) is 0 Å². The molecule has 0 aliphatic heterocycles. The van der Waals surface area contributed by atoms with E-state index in [0.717, 1.165) is 24.3 Å². The molecular formula is C21H34N6. The first-order valence-corrected chi connectivity index (χ1v) is 10.0. The minimum atomic E-state index is 0.101. The van der Waals surface area contributed by atoms with Crippen molar-refractivity contribution in [2.24, 2.45) is 10.4 Å². The van der Waals surface area contributed by atoms with E-state index in [0.29, 0.717) is 5.82 Å². The molecule has 6 nitrogen and oxygen atoms in total. The molecule has 0 saturated carbocycles. The lowest BCUT2D eigenvalue weighted by Crippen LogP contribution is -2.24. The average molecular weight is 371 g/mol. The number of aliphatic imine (C=N–C) groups is 1. The predicted octanol–water partition coefficient (Wildman–Crippen LogP) is 5.30. The van der Waals surface area contributed by atoms with Gasteiger partial charge in [0.1, 0.15) is 12.7 Å². The molecule has 2 aromatic heterocycles. The molecule has 0 aliphatic carbocycles. The van der Waals surface area contributed by atoms with Gasteiger partial charge in [-0.15, -0.1) is 0 Å². The van der Waals surface area contributed by atoms with Crippen LogP contribution < -0.4 is 0 Å². The number of imidazole rings is 1. The van der Waals surface area contributed by atoms with Crippen LogP contribution in [0.5, 0.6) is 0 Å². The smallest absolute Gasteiger partial charge is 0.185 e. The Morgan fingerprint density at radius 2 is 1.78 bits per heavy atom. The van der Waals surface area contributed by atoms with Gasteiger partial charge in [0.05, 0.1) is 6.34 Å². The summed E-state index contributed by atoms with van der Waals surface area (Å²) in [6, 6.07) is 0. The zero-order valence-electron chi connectivity index (χ0n) is 17.7. The monoisotopic (exact) mass is 370 g/mol. The standard InChI is InChI=1S/C21H34N6/c1-7-9-11-26(12-10-8-2)15-25-19-18-20(23-14-22-19)27(16-24-18)13-17(3)21(4,5)6/h13-16H,7-12H2,1-6H3/b17-13+,25-15+. The Bertz CT molecular complexity index is 774. The van der Waals surface area contributed by atoms with Crippen molar-refractivity contribution in [1.29, 1.82) is 0 Å². The molecule has 0 bridgehead atoms. The lowest BCUT2D eigenvalue weighted by Gasteiger charge is -2.19. The van der Waals surface area contributed by atoms with E-state index in [4.69, 9.17) is 0 Å². The summed E-state index contributed by atoms with van der Waals surface area (Å²) in [4.78, 5) is 20.2. The Morgan fingerprint density at radius 3 is 2.37 bits per heavy atom. The summed E-state index contributed by atoms with van der Waals surface area (Å²) in [7, 11) is 0. The number of aromatic nitrogens is 4. The number of rotatable bonds is 9. The second-order valence-corrected chi connectivity index (χ2v) is 8.07. The minimum Gasteiger partial charge on any atom is -0.363 e. The van der Waals surface area contributed by atoms with Crippen molar-refractivity contribution in [3.63, 3.8) is 0 Å². The van der Waals surface area contributed by atoms with Crippen LogP contribution >= 0.6 is 0 Å². The molecule has 0 fully saturated rings. The van der Waals surface area contributed by atoms with Gasteiger partial charge in [-0.1, -0.05) is 53.0 Å². The van der Waals surface area contributed by atoms with Gasteiger partial charge in [0.25, 0.3) is 0 Å². The van der Waals surface area contributed by atoms with Gasteiger partial charge in [-0.3, -0.25) is 4.57 Å². The first-order valence-electron chi connectivity index (χ1n) is 10.0. The van der Waals surface area contributed by atoms with E-state index in [1.54, 1.807) is 12.7 Å². The van der Waals surface area contributed by atoms with Gasteiger partial charge in [-0.2, -0.15) is 0 Å². The lowest BCUT2D eigenvalue weighted by atomic mass is 9.88. The van der Waals surface area contributed by atoms with Gasteiger partial charge in [-0.05, 0) is 25.2 Å². The Hall–Kier alpha value is -2.24. The summed E-state index contributed by atoms with van der Waals surface area (Å²) in [6.45, 7) is 15.2. The Labute approximate surface area is 163 Å². The third-order valence-electron chi connectivity index (χ3n) is 4.80. The summed E-state index contributed by atoms with van der Waals surface area (Å²) < 4.78 is 1.96. The first kappa shape index (κ1) is 21.1. The van der Waals surface area contributed by atoms with Gasteiger partial charge in [0.2, 0.25) is 0 Å². The van der Waals surface area contributed by atoms with Crippen molar-refractivity contribution in [3.05, 3.63) is 18.2 Å². The molecule has 0 saturated heterocycles. The van der Waals surface area contributed by atoms with E-state index in [-0.39, 0.29) is 5.41 Å². The van der Waals surface area contributed by atoms with Gasteiger partial charge in [0.15, 0.2) is 17.0 Å². The van der Waals surface area contributed by atoms with Crippen LogP contribution in [0.1, 0.15) is 67.2 Å². The molecular weight excluding hydrogens is 336 g/mol. The highest BCUT2D eigenvalue weighted by Crippen LogP contribution is 2.26. The molecule has 6 heteroatoms. The van der Waals surface area contributed by atoms with E-state index >= 15 is 0 Å². The minimum absolute atomic E-state index is 0.101. The van der Waals surface area contributed by atoms with Gasteiger partial charge in [0, 0.05) is 19.3 Å². The normalized spacial score (nSPS) is 13.0. The number of unbranched alkanes of at least 4 members (excludes halogenated alkanes) is 2. The van der Waals surface area contributed by atoms with Crippen LogP contribution in [0.15, 0.2) is 23.2 Å². The number of hydrogen-bond acceptors (Lipinski definition) is 4. The third-order valence-corrected chi connectivity index (χ3v) is 4.80. The van der Waals surface area contributed by atoms with E-state index in [9.17, 15) is 0 Å². The molecule has 2 aromatic rings. The molecule has 0 aliphatic rings. The van der Waals surface area contributed by atoms with Gasteiger partial charge in [-0.25, -0.2) is 19.9 Å². The summed E-state index contributed by atoms with van der Waals surface area (Å²) in [5, 5.41) is 0. The molecule has 0 unspecified atom stereocenters. The van der Waals surface area contributed by atoms with Gasteiger partial charge < -0.3 is 4.90 Å². The van der Waals surface area contributed by atoms with Crippen LogP contribution in [0.4, 0.5) is 5.82 Å². The molecule has 148 valence electrons. The molecule has 2 rings (SSSR count). The molecule has 27 heavy (non-hydrogen) atoms. The molecule has 0 amide bonds. The second-order valence-electron chi connectivity index (χ2n) is 8.07. The summed E-state index contributed by atoms with van der Waals surface area (Å²) in [5.41, 5.74) is 2.88. The number of nitrogens with zero attached hydrogens (tertiary/aromatic N) is 6. The Balaban J connectivity index is 2.29. The molecule has 0 spiro atoms. The van der Waals surface area contributed by atoms with Crippen LogP contribution in [0, 0.1) is 5.41 Å². The number of hydrogen-bond donors (Lipinski definition) is 0. The highest BCUT2D eigenvalue weighted by molar-refractivity contribution is 5.84. The first-order chi connectivity index (χ1) is 12.9. The van der Waals surface area contributed by atoms with E-state index in [1.165, 1.54) is 31.3 Å². The summed E-state index contributed by atoms with van der Waals surface area (Å²) in [5.74, 6) is 0.624. The Morgan fingerprint density at radius 1 is 1.11 bits per heavy atom. The fourth-order valence-electron chi connectivity index (χ4n) is 2.52.